The lowest BCUT2D eigenvalue weighted by Gasteiger charge is -2.07. The van der Waals surface area contributed by atoms with Gasteiger partial charge in [0, 0.05) is 11.9 Å². The fourth-order valence-corrected chi connectivity index (χ4v) is 2.33. The zero-order valence-electron chi connectivity index (χ0n) is 10.9. The van der Waals surface area contributed by atoms with Gasteiger partial charge in [0.1, 0.15) is 0 Å². The van der Waals surface area contributed by atoms with Gasteiger partial charge in [-0.2, -0.15) is 0 Å². The number of aromatic carboxylic acids is 1. The molecule has 0 bridgehead atoms. The Labute approximate surface area is 116 Å². The maximum absolute atomic E-state index is 10.7. The molecule has 2 N–H and O–H groups in total. The molecule has 1 aromatic carbocycles. The van der Waals surface area contributed by atoms with Gasteiger partial charge in [0.25, 0.3) is 0 Å². The summed E-state index contributed by atoms with van der Waals surface area (Å²) in [5.41, 5.74) is 2.55. The maximum Gasteiger partial charge on any atom is 0.355 e. The number of nitrogens with zero attached hydrogens (tertiary/aromatic N) is 1. The highest BCUT2D eigenvalue weighted by molar-refractivity contribution is 7.13. The standard InChI is InChI=1S/C14H16N2O2S/c1-9(2)11-5-3-10(4-6-11)7-15-14-16-12(8-19-14)13(17)18/h3-6,8-9H,7H2,1-2H3,(H,15,16)(H,17,18). The van der Waals surface area contributed by atoms with E-state index in [0.29, 0.717) is 17.6 Å². The molecule has 1 heterocycles. The zero-order valence-corrected chi connectivity index (χ0v) is 11.7. The predicted molar refractivity (Wildman–Crippen MR) is 76.9 cm³/mol. The number of thiazole rings is 1. The van der Waals surface area contributed by atoms with E-state index >= 15 is 0 Å². The van der Waals surface area contributed by atoms with Crippen LogP contribution in [0.15, 0.2) is 29.6 Å². The van der Waals surface area contributed by atoms with Gasteiger partial charge in [0.05, 0.1) is 0 Å². The molecule has 0 atom stereocenters. The number of carboxylic acids is 1. The number of carboxylic acid groups (broad SMARTS) is 1. The SMILES string of the molecule is CC(C)c1ccc(CNc2nc(C(=O)O)cs2)cc1. The summed E-state index contributed by atoms with van der Waals surface area (Å²) in [6, 6.07) is 8.39. The van der Waals surface area contributed by atoms with Gasteiger partial charge < -0.3 is 10.4 Å². The molecule has 4 nitrogen and oxygen atoms in total. The average molecular weight is 276 g/mol. The van der Waals surface area contributed by atoms with Crippen molar-refractivity contribution in [2.45, 2.75) is 26.3 Å². The van der Waals surface area contributed by atoms with E-state index < -0.39 is 5.97 Å². The highest BCUT2D eigenvalue weighted by Crippen LogP contribution is 2.18. The first-order valence-corrected chi connectivity index (χ1v) is 6.95. The minimum atomic E-state index is -0.995. The molecule has 0 amide bonds. The molecule has 0 aliphatic heterocycles. The fraction of sp³-hybridized carbons (Fsp3) is 0.286. The molecule has 0 saturated heterocycles. The summed E-state index contributed by atoms with van der Waals surface area (Å²) in [5, 5.41) is 14.1. The Balaban J connectivity index is 1.96. The summed E-state index contributed by atoms with van der Waals surface area (Å²) in [6.07, 6.45) is 0. The average Bonchev–Trinajstić information content (AvgIpc) is 2.86. The normalized spacial score (nSPS) is 10.7. The number of rotatable bonds is 5. The second kappa shape index (κ2) is 5.84. The Hall–Kier alpha value is -1.88. The lowest BCUT2D eigenvalue weighted by molar-refractivity contribution is 0.0691. The minimum Gasteiger partial charge on any atom is -0.476 e. The molecular weight excluding hydrogens is 260 g/mol. The molecular formula is C14H16N2O2S. The Morgan fingerprint density at radius 1 is 1.37 bits per heavy atom. The summed E-state index contributed by atoms with van der Waals surface area (Å²) in [4.78, 5) is 14.7. The molecule has 0 spiro atoms. The zero-order chi connectivity index (χ0) is 13.8. The van der Waals surface area contributed by atoms with Crippen molar-refractivity contribution in [2.24, 2.45) is 0 Å². The summed E-state index contributed by atoms with van der Waals surface area (Å²) in [7, 11) is 0. The van der Waals surface area contributed by atoms with Gasteiger partial charge in [-0.3, -0.25) is 0 Å². The van der Waals surface area contributed by atoms with Crippen LogP contribution in [0.5, 0.6) is 0 Å². The molecule has 5 heteroatoms. The van der Waals surface area contributed by atoms with Gasteiger partial charge in [-0.05, 0) is 17.0 Å². The number of hydrogen-bond acceptors (Lipinski definition) is 4. The van der Waals surface area contributed by atoms with Crippen LogP contribution in [-0.2, 0) is 6.54 Å². The van der Waals surface area contributed by atoms with E-state index in [4.69, 9.17) is 5.11 Å². The van der Waals surface area contributed by atoms with Crippen LogP contribution in [0.2, 0.25) is 0 Å². The lowest BCUT2D eigenvalue weighted by Crippen LogP contribution is -2.01. The highest BCUT2D eigenvalue weighted by Gasteiger charge is 2.08. The van der Waals surface area contributed by atoms with E-state index in [9.17, 15) is 4.79 Å². The molecule has 0 aliphatic carbocycles. The first-order valence-electron chi connectivity index (χ1n) is 6.08. The quantitative estimate of drug-likeness (QED) is 0.876. The lowest BCUT2D eigenvalue weighted by atomic mass is 10.0. The minimum absolute atomic E-state index is 0.0858. The number of hydrogen-bond donors (Lipinski definition) is 2. The second-order valence-corrected chi connectivity index (χ2v) is 5.45. The molecule has 0 aliphatic rings. The van der Waals surface area contributed by atoms with Crippen LogP contribution in [0.1, 0.15) is 41.4 Å². The van der Waals surface area contributed by atoms with Crippen LogP contribution in [-0.4, -0.2) is 16.1 Å². The van der Waals surface area contributed by atoms with Crippen molar-refractivity contribution in [3.63, 3.8) is 0 Å². The van der Waals surface area contributed by atoms with E-state index in [1.165, 1.54) is 22.3 Å². The molecule has 0 saturated carbocycles. The highest BCUT2D eigenvalue weighted by atomic mass is 32.1. The van der Waals surface area contributed by atoms with Crippen LogP contribution in [0.25, 0.3) is 0 Å². The van der Waals surface area contributed by atoms with E-state index in [2.05, 4.69) is 48.4 Å². The molecule has 0 radical (unpaired) electrons. The topological polar surface area (TPSA) is 62.2 Å². The predicted octanol–water partition coefficient (Wildman–Crippen LogP) is 3.58. The van der Waals surface area contributed by atoms with Gasteiger partial charge in [0.2, 0.25) is 0 Å². The van der Waals surface area contributed by atoms with Crippen LogP contribution in [0, 0.1) is 0 Å². The van der Waals surface area contributed by atoms with Crippen LogP contribution in [0.4, 0.5) is 5.13 Å². The second-order valence-electron chi connectivity index (χ2n) is 4.59. The largest absolute Gasteiger partial charge is 0.476 e. The molecule has 0 fully saturated rings. The Kier molecular flexibility index (Phi) is 4.16. The van der Waals surface area contributed by atoms with Gasteiger partial charge in [-0.25, -0.2) is 9.78 Å². The number of nitrogens with one attached hydrogen (secondary N) is 1. The summed E-state index contributed by atoms with van der Waals surface area (Å²) in [6.45, 7) is 4.97. The molecule has 1 aromatic heterocycles. The number of aromatic nitrogens is 1. The summed E-state index contributed by atoms with van der Waals surface area (Å²) in [5.74, 6) is -0.468. The van der Waals surface area contributed by atoms with Gasteiger partial charge in [-0.15, -0.1) is 11.3 Å². The molecule has 2 aromatic rings. The molecule has 100 valence electrons. The number of anilines is 1. The Morgan fingerprint density at radius 3 is 2.58 bits per heavy atom. The first-order chi connectivity index (χ1) is 9.06. The summed E-state index contributed by atoms with van der Waals surface area (Å²) < 4.78 is 0. The smallest absolute Gasteiger partial charge is 0.355 e. The van der Waals surface area contributed by atoms with Crippen molar-refractivity contribution in [1.82, 2.24) is 4.98 Å². The van der Waals surface area contributed by atoms with Gasteiger partial charge in [-0.1, -0.05) is 38.1 Å². The van der Waals surface area contributed by atoms with Gasteiger partial charge in [0.15, 0.2) is 10.8 Å². The summed E-state index contributed by atoms with van der Waals surface area (Å²) >= 11 is 1.30. The van der Waals surface area contributed by atoms with Gasteiger partial charge >= 0.3 is 5.97 Å². The van der Waals surface area contributed by atoms with Crippen molar-refractivity contribution >= 4 is 22.4 Å². The molecule has 0 unspecified atom stereocenters. The number of carbonyl (C=O) groups is 1. The van der Waals surface area contributed by atoms with E-state index in [0.717, 1.165) is 5.56 Å². The van der Waals surface area contributed by atoms with Crippen LogP contribution >= 0.6 is 11.3 Å². The third-order valence-electron chi connectivity index (χ3n) is 2.81. The van der Waals surface area contributed by atoms with Crippen LogP contribution < -0.4 is 5.32 Å². The van der Waals surface area contributed by atoms with Crippen molar-refractivity contribution < 1.29 is 9.90 Å². The van der Waals surface area contributed by atoms with E-state index in [1.807, 2.05) is 0 Å². The first kappa shape index (κ1) is 13.5. The maximum atomic E-state index is 10.7. The van der Waals surface area contributed by atoms with E-state index in [-0.39, 0.29) is 5.69 Å². The third kappa shape index (κ3) is 3.54. The van der Waals surface area contributed by atoms with Crippen LogP contribution in [0.3, 0.4) is 0 Å². The third-order valence-corrected chi connectivity index (χ3v) is 3.61. The van der Waals surface area contributed by atoms with E-state index in [1.54, 1.807) is 0 Å². The Bertz CT molecular complexity index is 561. The number of benzene rings is 1. The Morgan fingerprint density at radius 2 is 2.05 bits per heavy atom. The van der Waals surface area contributed by atoms with Crippen molar-refractivity contribution in [2.75, 3.05) is 5.32 Å². The van der Waals surface area contributed by atoms with Crippen molar-refractivity contribution in [3.8, 4) is 0 Å². The fourth-order valence-electron chi connectivity index (χ4n) is 1.65. The van der Waals surface area contributed by atoms with Crippen molar-refractivity contribution in [1.29, 1.82) is 0 Å². The van der Waals surface area contributed by atoms with Crippen molar-refractivity contribution in [3.05, 3.63) is 46.5 Å². The molecule has 19 heavy (non-hydrogen) atoms. The molecule has 2 rings (SSSR count). The monoisotopic (exact) mass is 276 g/mol.